The third-order valence-corrected chi connectivity index (χ3v) is 9.82. The van der Waals surface area contributed by atoms with Crippen LogP contribution in [0.5, 0.6) is 0 Å². The second kappa shape index (κ2) is 10.5. The van der Waals surface area contributed by atoms with Crippen LogP contribution < -0.4 is 0 Å². The number of alkyl halides is 3. The minimum absolute atomic E-state index is 0.177. The number of ether oxygens (including phenoxy) is 2. The number of Topliss-reactive ketones (excluding diaryl/α,β-unsaturated/α-hetero) is 1. The molecule has 3 aliphatic rings. The van der Waals surface area contributed by atoms with Crippen LogP contribution in [-0.4, -0.2) is 63.1 Å². The predicted octanol–water partition coefficient (Wildman–Crippen LogP) is 4.88. The van der Waals surface area contributed by atoms with Gasteiger partial charge in [0, 0.05) is 17.7 Å². The molecule has 3 fully saturated rings. The molecule has 0 amide bonds. The number of aryl methyl sites for hydroxylation is 1. The van der Waals surface area contributed by atoms with Crippen LogP contribution in [0.25, 0.3) is 6.08 Å². The molecule has 3 heterocycles. The normalized spacial score (nSPS) is 39.9. The minimum atomic E-state index is -4.63. The molecule has 11 heteroatoms. The van der Waals surface area contributed by atoms with Crippen molar-refractivity contribution < 1.29 is 42.4 Å². The van der Waals surface area contributed by atoms with Crippen LogP contribution in [0, 0.1) is 36.0 Å². The number of aromatic nitrogens is 1. The zero-order valence-electron chi connectivity index (χ0n) is 23.1. The highest BCUT2D eigenvalue weighted by molar-refractivity contribution is 7.09. The van der Waals surface area contributed by atoms with Crippen LogP contribution in [-0.2, 0) is 19.1 Å². The number of aliphatic hydroxyl groups is 2. The van der Waals surface area contributed by atoms with Crippen LogP contribution in [0.3, 0.4) is 0 Å². The molecule has 1 aromatic heterocycles. The van der Waals surface area contributed by atoms with Crippen molar-refractivity contribution in [3.05, 3.63) is 21.7 Å². The average molecular weight is 574 g/mol. The van der Waals surface area contributed by atoms with E-state index in [4.69, 9.17) is 9.47 Å². The molecule has 4 rings (SSSR count). The summed E-state index contributed by atoms with van der Waals surface area (Å²) < 4.78 is 54.1. The van der Waals surface area contributed by atoms with E-state index in [-0.39, 0.29) is 24.7 Å². The van der Waals surface area contributed by atoms with Crippen molar-refractivity contribution in [1.82, 2.24) is 4.98 Å². The molecule has 2 N–H and O–H groups in total. The van der Waals surface area contributed by atoms with Gasteiger partial charge in [0.25, 0.3) is 0 Å². The Balaban J connectivity index is 1.67. The number of fused-ring (bicyclic) bond motifs is 2. The SMILES string of the molecule is C/C(=C\c1csc(C)n1)[C@@H]1C[C@@H]2O[C@]2(C(F)(F)F)C[C@H]2C[C@@H]2[C@H](C)[C@H](O)[C@@H](C)C(=O)C(C)(C)[C@@H](O)CC(=O)O1. The van der Waals surface area contributed by atoms with Crippen LogP contribution in [0.2, 0.25) is 0 Å². The fraction of sp³-hybridized carbons (Fsp3) is 0.750. The van der Waals surface area contributed by atoms with Crippen LogP contribution >= 0.6 is 11.3 Å². The van der Waals surface area contributed by atoms with Gasteiger partial charge in [0.2, 0.25) is 0 Å². The Hall–Kier alpha value is -1.82. The van der Waals surface area contributed by atoms with Gasteiger partial charge in [-0.3, -0.25) is 9.59 Å². The number of epoxide rings is 1. The van der Waals surface area contributed by atoms with Crippen molar-refractivity contribution >= 4 is 29.2 Å². The molecular formula is C28H38F3NO6S. The average Bonchev–Trinajstić information content (AvgIpc) is 3.72. The lowest BCUT2D eigenvalue weighted by atomic mass is 9.72. The van der Waals surface area contributed by atoms with Gasteiger partial charge < -0.3 is 19.7 Å². The number of ketones is 1. The maximum atomic E-state index is 14.3. The van der Waals surface area contributed by atoms with Crippen molar-refractivity contribution in [1.29, 1.82) is 0 Å². The summed E-state index contributed by atoms with van der Waals surface area (Å²) in [6, 6.07) is 0. The largest absolute Gasteiger partial charge is 0.458 e. The van der Waals surface area contributed by atoms with Crippen LogP contribution in [0.1, 0.15) is 71.0 Å². The van der Waals surface area contributed by atoms with E-state index in [1.54, 1.807) is 32.2 Å². The molecule has 218 valence electrons. The molecule has 39 heavy (non-hydrogen) atoms. The van der Waals surface area contributed by atoms with E-state index in [0.717, 1.165) is 5.01 Å². The Labute approximate surface area is 230 Å². The van der Waals surface area contributed by atoms with Gasteiger partial charge in [0.1, 0.15) is 18.0 Å². The molecule has 2 aliphatic heterocycles. The number of hydrogen-bond donors (Lipinski definition) is 2. The van der Waals surface area contributed by atoms with Gasteiger partial charge in [-0.05, 0) is 56.1 Å². The van der Waals surface area contributed by atoms with E-state index in [1.807, 2.05) is 6.92 Å². The van der Waals surface area contributed by atoms with Crippen LogP contribution in [0.4, 0.5) is 13.2 Å². The fourth-order valence-corrected chi connectivity index (χ4v) is 6.64. The zero-order chi connectivity index (χ0) is 29.1. The standard InChI is InChI=1S/C28H38F3NO6S/c1-13(7-18-12-39-16(4)32-18)20-9-22-27(38-22,28(29,30)31)11-17-8-19(17)14(2)24(35)15(3)25(36)26(5,6)21(33)10-23(34)37-20/h7,12,14-15,17,19-22,24,33,35H,8-11H2,1-6H3/b13-7+/t14-,15+,17+,19+,20-,21-,22-,24-,27+/m0/s1. The molecule has 7 nitrogen and oxygen atoms in total. The Bertz CT molecular complexity index is 1130. The van der Waals surface area contributed by atoms with Crippen LogP contribution in [0.15, 0.2) is 11.0 Å². The van der Waals surface area contributed by atoms with Crippen molar-refractivity contribution in [2.75, 3.05) is 0 Å². The molecule has 0 radical (unpaired) electrons. The number of halogens is 3. The molecular weight excluding hydrogens is 535 g/mol. The smallest absolute Gasteiger partial charge is 0.420 e. The van der Waals surface area contributed by atoms with Gasteiger partial charge in [-0.1, -0.05) is 27.7 Å². The van der Waals surface area contributed by atoms with E-state index >= 15 is 0 Å². The van der Waals surface area contributed by atoms with E-state index in [9.17, 15) is 33.0 Å². The van der Waals surface area contributed by atoms with Crippen molar-refractivity contribution in [3.63, 3.8) is 0 Å². The molecule has 0 aromatic carbocycles. The second-order valence-corrected chi connectivity index (χ2v) is 13.3. The summed E-state index contributed by atoms with van der Waals surface area (Å²) in [5.41, 5.74) is -2.60. The summed E-state index contributed by atoms with van der Waals surface area (Å²) in [5.74, 6) is -3.05. The van der Waals surface area contributed by atoms with Gasteiger partial charge >= 0.3 is 12.1 Å². The number of hydrogen-bond acceptors (Lipinski definition) is 8. The Kier molecular flexibility index (Phi) is 8.15. The number of cyclic esters (lactones) is 1. The molecule has 9 atom stereocenters. The first-order valence-electron chi connectivity index (χ1n) is 13.4. The summed E-state index contributed by atoms with van der Waals surface area (Å²) in [6.07, 6.45) is -8.19. The molecule has 1 aromatic rings. The maximum absolute atomic E-state index is 14.3. The Morgan fingerprint density at radius 3 is 2.46 bits per heavy atom. The van der Waals surface area contributed by atoms with Gasteiger partial charge in [-0.2, -0.15) is 13.2 Å². The number of carbonyl (C=O) groups excluding carboxylic acids is 2. The van der Waals surface area contributed by atoms with Crippen molar-refractivity contribution in [2.45, 2.75) is 103 Å². The lowest BCUT2D eigenvalue weighted by molar-refractivity contribution is -0.187. The van der Waals surface area contributed by atoms with Crippen molar-refractivity contribution in [3.8, 4) is 0 Å². The number of thiazole rings is 1. The molecule has 1 saturated carbocycles. The van der Waals surface area contributed by atoms with Gasteiger partial charge in [0.15, 0.2) is 5.60 Å². The fourth-order valence-electron chi connectivity index (χ4n) is 6.07. The quantitative estimate of drug-likeness (QED) is 0.384. The highest BCUT2D eigenvalue weighted by atomic mass is 32.1. The monoisotopic (exact) mass is 573 g/mol. The number of esters is 1. The zero-order valence-corrected chi connectivity index (χ0v) is 23.9. The van der Waals surface area contributed by atoms with Gasteiger partial charge in [-0.25, -0.2) is 4.98 Å². The van der Waals surface area contributed by atoms with Gasteiger partial charge in [0.05, 0.1) is 34.7 Å². The first kappa shape index (κ1) is 30.1. The van der Waals surface area contributed by atoms with E-state index in [1.165, 1.54) is 25.2 Å². The van der Waals surface area contributed by atoms with E-state index in [0.29, 0.717) is 17.7 Å². The molecule has 0 bridgehead atoms. The third-order valence-electron chi connectivity index (χ3n) is 9.03. The van der Waals surface area contributed by atoms with E-state index < -0.39 is 71.6 Å². The summed E-state index contributed by atoms with van der Waals surface area (Å²) in [5, 5.41) is 24.5. The molecule has 0 unspecified atom stereocenters. The Morgan fingerprint density at radius 2 is 1.87 bits per heavy atom. The first-order chi connectivity index (χ1) is 18.0. The predicted molar refractivity (Wildman–Crippen MR) is 139 cm³/mol. The topological polar surface area (TPSA) is 109 Å². The summed E-state index contributed by atoms with van der Waals surface area (Å²) in [4.78, 5) is 30.6. The summed E-state index contributed by atoms with van der Waals surface area (Å²) >= 11 is 1.42. The highest BCUT2D eigenvalue weighted by Crippen LogP contribution is 2.61. The number of carbonyl (C=O) groups is 2. The second-order valence-electron chi connectivity index (χ2n) is 12.2. The molecule has 0 spiro atoms. The highest BCUT2D eigenvalue weighted by Gasteiger charge is 2.74. The summed E-state index contributed by atoms with van der Waals surface area (Å²) in [7, 11) is 0. The van der Waals surface area contributed by atoms with Gasteiger partial charge in [-0.15, -0.1) is 11.3 Å². The molecule has 2 saturated heterocycles. The van der Waals surface area contributed by atoms with E-state index in [2.05, 4.69) is 4.98 Å². The first-order valence-corrected chi connectivity index (χ1v) is 14.3. The number of rotatable bonds is 2. The molecule has 1 aliphatic carbocycles. The lowest BCUT2D eigenvalue weighted by Crippen LogP contribution is -2.46. The Morgan fingerprint density at radius 1 is 1.21 bits per heavy atom. The minimum Gasteiger partial charge on any atom is -0.458 e. The lowest BCUT2D eigenvalue weighted by Gasteiger charge is -2.34. The number of aliphatic hydroxyl groups excluding tert-OH is 2. The maximum Gasteiger partial charge on any atom is 0.420 e. The summed E-state index contributed by atoms with van der Waals surface area (Å²) in [6.45, 7) is 9.83. The third kappa shape index (κ3) is 5.96. The number of nitrogens with zero attached hydrogens (tertiary/aromatic N) is 1. The van der Waals surface area contributed by atoms with Crippen molar-refractivity contribution in [2.24, 2.45) is 29.1 Å².